The minimum absolute atomic E-state index is 0.248. The van der Waals surface area contributed by atoms with E-state index in [9.17, 15) is 4.79 Å². The fourth-order valence-corrected chi connectivity index (χ4v) is 4.77. The summed E-state index contributed by atoms with van der Waals surface area (Å²) < 4.78 is 8.19. The molecule has 9 heteroatoms. The Morgan fingerprint density at radius 3 is 2.62 bits per heavy atom. The van der Waals surface area contributed by atoms with Crippen LogP contribution in [0.4, 0.5) is 17.3 Å². The number of amides is 1. The van der Waals surface area contributed by atoms with E-state index in [1.165, 1.54) is 12.4 Å². The van der Waals surface area contributed by atoms with Gasteiger partial charge in [-0.2, -0.15) is 0 Å². The van der Waals surface area contributed by atoms with Crippen LogP contribution in [-0.2, 0) is 13.5 Å². The highest BCUT2D eigenvalue weighted by Crippen LogP contribution is 2.43. The fraction of sp³-hybridized carbons (Fsp3) is 0.240. The van der Waals surface area contributed by atoms with Crippen LogP contribution in [0.3, 0.4) is 0 Å². The first-order chi connectivity index (χ1) is 16.1. The molecule has 2 aromatic heterocycles. The molecule has 0 radical (unpaired) electrons. The van der Waals surface area contributed by atoms with Crippen molar-refractivity contribution in [3.63, 3.8) is 0 Å². The Balaban J connectivity index is 1.62. The molecule has 5 rings (SSSR count). The van der Waals surface area contributed by atoms with Gasteiger partial charge >= 0.3 is 0 Å². The molecule has 0 aliphatic carbocycles. The number of benzene rings is 2. The molecule has 2 aromatic carbocycles. The maximum Gasteiger partial charge on any atom is 0.259 e. The minimum atomic E-state index is -0.454. The van der Waals surface area contributed by atoms with Crippen LogP contribution in [0.2, 0.25) is 10.0 Å². The second-order valence-electron chi connectivity index (χ2n) is 9.06. The molecule has 1 amide bonds. The fourth-order valence-electron chi connectivity index (χ4n) is 4.31. The topological polar surface area (TPSA) is 81.1 Å². The molecule has 4 aromatic rings. The summed E-state index contributed by atoms with van der Waals surface area (Å²) in [5.74, 6) is 0.868. The number of fused-ring (bicyclic) bond motifs is 3. The summed E-state index contributed by atoms with van der Waals surface area (Å²) in [5.41, 5.74) is 4.78. The Morgan fingerprint density at radius 1 is 1.18 bits per heavy atom. The van der Waals surface area contributed by atoms with E-state index in [4.69, 9.17) is 32.9 Å². The van der Waals surface area contributed by atoms with E-state index in [-0.39, 0.29) is 5.91 Å². The van der Waals surface area contributed by atoms with Crippen molar-refractivity contribution in [2.24, 2.45) is 7.05 Å². The van der Waals surface area contributed by atoms with E-state index in [1.807, 2.05) is 56.7 Å². The lowest BCUT2D eigenvalue weighted by molar-refractivity contribution is 0.101. The Morgan fingerprint density at radius 2 is 1.91 bits per heavy atom. The third kappa shape index (κ3) is 3.95. The lowest BCUT2D eigenvalue weighted by Gasteiger charge is -2.18. The van der Waals surface area contributed by atoms with Crippen LogP contribution < -0.4 is 15.4 Å². The van der Waals surface area contributed by atoms with E-state index < -0.39 is 5.60 Å². The van der Waals surface area contributed by atoms with Crippen LogP contribution in [0, 0.1) is 6.92 Å². The molecular weight excluding hydrogens is 473 g/mol. The van der Waals surface area contributed by atoms with E-state index in [1.54, 1.807) is 6.07 Å². The number of carbonyl (C=O) groups excluding carboxylic acids is 1. The van der Waals surface area contributed by atoms with Crippen LogP contribution in [0.25, 0.3) is 11.0 Å². The molecule has 0 unspecified atom stereocenters. The highest BCUT2D eigenvalue weighted by atomic mass is 35.5. The number of aromatic nitrogens is 3. The summed E-state index contributed by atoms with van der Waals surface area (Å²) in [6.07, 6.45) is 3.67. The molecule has 0 bridgehead atoms. The van der Waals surface area contributed by atoms with Gasteiger partial charge < -0.3 is 19.9 Å². The Hall–Kier alpha value is -3.29. The van der Waals surface area contributed by atoms with Crippen molar-refractivity contribution in [2.45, 2.75) is 32.8 Å². The van der Waals surface area contributed by atoms with Crippen molar-refractivity contribution < 1.29 is 9.53 Å². The molecule has 0 spiro atoms. The summed E-state index contributed by atoms with van der Waals surface area (Å²) in [4.78, 5) is 22.1. The van der Waals surface area contributed by atoms with Crippen molar-refractivity contribution in [2.75, 3.05) is 10.6 Å². The van der Waals surface area contributed by atoms with Crippen LogP contribution in [-0.4, -0.2) is 26.0 Å². The van der Waals surface area contributed by atoms with Crippen molar-refractivity contribution in [3.8, 4) is 5.75 Å². The van der Waals surface area contributed by atoms with Gasteiger partial charge in [-0.1, -0.05) is 35.3 Å². The van der Waals surface area contributed by atoms with Gasteiger partial charge in [-0.05, 0) is 44.5 Å². The lowest BCUT2D eigenvalue weighted by atomic mass is 9.98. The molecule has 0 saturated carbocycles. The molecule has 1 aliphatic heterocycles. The summed E-state index contributed by atoms with van der Waals surface area (Å²) >= 11 is 12.6. The number of hydrogen-bond donors (Lipinski definition) is 2. The monoisotopic (exact) mass is 495 g/mol. The predicted octanol–water partition coefficient (Wildman–Crippen LogP) is 6.29. The molecule has 1 aliphatic rings. The van der Waals surface area contributed by atoms with E-state index in [2.05, 4.69) is 15.6 Å². The molecule has 0 atom stereocenters. The number of rotatable bonds is 4. The minimum Gasteiger partial charge on any atom is -0.486 e. The Bertz CT molecular complexity index is 1440. The number of nitrogens with zero attached hydrogens (tertiary/aromatic N) is 3. The summed E-state index contributed by atoms with van der Waals surface area (Å²) in [5, 5.41) is 6.96. The van der Waals surface area contributed by atoms with Gasteiger partial charge in [0.2, 0.25) is 5.95 Å². The number of imidazole rings is 1. The molecule has 34 heavy (non-hydrogen) atoms. The first kappa shape index (κ1) is 22.5. The van der Waals surface area contributed by atoms with Gasteiger partial charge in [0.25, 0.3) is 5.91 Å². The number of anilines is 3. The Labute approximate surface area is 207 Å². The average molecular weight is 496 g/mol. The highest BCUT2D eigenvalue weighted by Gasteiger charge is 2.36. The normalized spacial score (nSPS) is 14.1. The van der Waals surface area contributed by atoms with Gasteiger partial charge in [0.05, 0.1) is 32.3 Å². The second kappa shape index (κ2) is 8.18. The van der Waals surface area contributed by atoms with Crippen molar-refractivity contribution >= 4 is 57.5 Å². The average Bonchev–Trinajstić information content (AvgIpc) is 3.25. The predicted molar refractivity (Wildman–Crippen MR) is 136 cm³/mol. The van der Waals surface area contributed by atoms with Crippen LogP contribution in [0.5, 0.6) is 5.75 Å². The maximum atomic E-state index is 13.3. The third-order valence-electron chi connectivity index (χ3n) is 5.80. The molecule has 3 heterocycles. The van der Waals surface area contributed by atoms with E-state index in [0.717, 1.165) is 22.3 Å². The zero-order chi connectivity index (χ0) is 24.2. The Kier molecular flexibility index (Phi) is 5.41. The van der Waals surface area contributed by atoms with Crippen LogP contribution in [0.1, 0.15) is 35.3 Å². The smallest absolute Gasteiger partial charge is 0.259 e. The molecule has 7 nitrogen and oxygen atoms in total. The number of carbonyl (C=O) groups is 1. The molecular formula is C25H23Cl2N5O2. The van der Waals surface area contributed by atoms with Crippen LogP contribution >= 0.6 is 23.2 Å². The zero-order valence-electron chi connectivity index (χ0n) is 19.2. The summed E-state index contributed by atoms with van der Waals surface area (Å²) in [6, 6.07) is 9.44. The van der Waals surface area contributed by atoms with E-state index in [0.29, 0.717) is 44.9 Å². The standard InChI is InChI=1S/C25H23Cl2N5O2/c1-13-6-5-7-14(8-13)29-23(33)15-9-19-21(16-10-25(2,3)34-22(15)16)32(4)24(30-19)31-20-17(26)11-28-12-18(20)27/h5-9,11-12H,10H2,1-4H3,(H,29,33)(H,28,30,31). The maximum absolute atomic E-state index is 13.3. The van der Waals surface area contributed by atoms with Crippen molar-refractivity contribution in [1.82, 2.24) is 14.5 Å². The van der Waals surface area contributed by atoms with Gasteiger partial charge in [0, 0.05) is 37.1 Å². The first-order valence-electron chi connectivity index (χ1n) is 10.8. The first-order valence-corrected chi connectivity index (χ1v) is 11.5. The third-order valence-corrected chi connectivity index (χ3v) is 6.37. The largest absolute Gasteiger partial charge is 0.486 e. The van der Waals surface area contributed by atoms with Crippen LogP contribution in [0.15, 0.2) is 42.7 Å². The number of pyridine rings is 1. The summed E-state index contributed by atoms with van der Waals surface area (Å²) in [6.45, 7) is 6.00. The second-order valence-corrected chi connectivity index (χ2v) is 9.87. The molecule has 174 valence electrons. The number of hydrogen-bond acceptors (Lipinski definition) is 5. The highest BCUT2D eigenvalue weighted by molar-refractivity contribution is 6.39. The molecule has 2 N–H and O–H groups in total. The van der Waals surface area contributed by atoms with Gasteiger partial charge in [-0.15, -0.1) is 0 Å². The van der Waals surface area contributed by atoms with E-state index >= 15 is 0 Å². The number of nitrogens with one attached hydrogen (secondary N) is 2. The SMILES string of the molecule is Cc1cccc(NC(=O)c2cc3nc(Nc4c(Cl)cncc4Cl)n(C)c3c3c2OC(C)(C)C3)c1. The van der Waals surface area contributed by atoms with Gasteiger partial charge in [0.1, 0.15) is 11.4 Å². The molecule has 0 fully saturated rings. The molecule has 0 saturated heterocycles. The van der Waals surface area contributed by atoms with Gasteiger partial charge in [0.15, 0.2) is 0 Å². The number of aryl methyl sites for hydroxylation is 2. The van der Waals surface area contributed by atoms with Crippen molar-refractivity contribution in [1.29, 1.82) is 0 Å². The zero-order valence-corrected chi connectivity index (χ0v) is 20.7. The van der Waals surface area contributed by atoms with Gasteiger partial charge in [-0.3, -0.25) is 9.78 Å². The van der Waals surface area contributed by atoms with Gasteiger partial charge in [-0.25, -0.2) is 4.98 Å². The summed E-state index contributed by atoms with van der Waals surface area (Å²) in [7, 11) is 1.90. The quantitative estimate of drug-likeness (QED) is 0.347. The lowest BCUT2D eigenvalue weighted by Crippen LogP contribution is -2.25. The van der Waals surface area contributed by atoms with Crippen molar-refractivity contribution in [3.05, 3.63) is 69.5 Å². The number of halogens is 2. The number of ether oxygens (including phenoxy) is 1.